The number of hydrogen-bond acceptors (Lipinski definition) is 3. The predicted molar refractivity (Wildman–Crippen MR) is 113 cm³/mol. The van der Waals surface area contributed by atoms with E-state index in [0.717, 1.165) is 29.5 Å². The first kappa shape index (κ1) is 17.0. The zero-order valence-electron chi connectivity index (χ0n) is 15.5. The van der Waals surface area contributed by atoms with Gasteiger partial charge in [-0.25, -0.2) is 0 Å². The molecule has 1 aliphatic rings. The second-order valence-electron chi connectivity index (χ2n) is 7.58. The van der Waals surface area contributed by atoms with Gasteiger partial charge in [0, 0.05) is 11.1 Å². The lowest BCUT2D eigenvalue weighted by Gasteiger charge is -2.38. The van der Waals surface area contributed by atoms with Crippen molar-refractivity contribution in [2.75, 3.05) is 0 Å². The van der Waals surface area contributed by atoms with Crippen LogP contribution in [0.15, 0.2) is 88.1 Å². The van der Waals surface area contributed by atoms with Gasteiger partial charge in [-0.1, -0.05) is 66.7 Å². The highest BCUT2D eigenvalue weighted by atomic mass is 16.3. The zero-order valence-corrected chi connectivity index (χ0v) is 15.5. The van der Waals surface area contributed by atoms with E-state index in [9.17, 15) is 4.79 Å². The molecule has 0 aliphatic heterocycles. The molecule has 138 valence electrons. The molecule has 3 nitrogen and oxygen atoms in total. The molecule has 3 aromatic carbocycles. The highest BCUT2D eigenvalue weighted by Gasteiger charge is 2.34. The second kappa shape index (κ2) is 6.47. The lowest BCUT2D eigenvalue weighted by Crippen LogP contribution is -2.43. The fourth-order valence-corrected chi connectivity index (χ4v) is 4.01. The number of rotatable bonds is 3. The number of hydrogen-bond donors (Lipinski definition) is 1. The fraction of sp³-hybridized carbons (Fsp3) is 0.160. The smallest absolute Gasteiger partial charge is 0.201 e. The van der Waals surface area contributed by atoms with Crippen LogP contribution in [0.25, 0.3) is 33.4 Å². The first-order valence-electron chi connectivity index (χ1n) is 9.67. The van der Waals surface area contributed by atoms with Crippen molar-refractivity contribution in [3.8, 4) is 22.5 Å². The minimum Gasteiger partial charge on any atom is -0.455 e. The van der Waals surface area contributed by atoms with Gasteiger partial charge in [-0.2, -0.15) is 0 Å². The molecule has 0 spiro atoms. The number of fused-ring (bicyclic) bond motifs is 1. The van der Waals surface area contributed by atoms with Gasteiger partial charge in [-0.15, -0.1) is 0 Å². The van der Waals surface area contributed by atoms with Crippen molar-refractivity contribution in [3.05, 3.63) is 94.6 Å². The molecule has 0 unspecified atom stereocenters. The van der Waals surface area contributed by atoms with Crippen LogP contribution in [0, 0.1) is 0 Å². The van der Waals surface area contributed by atoms with E-state index in [2.05, 4.69) is 12.1 Å². The molecule has 4 aromatic rings. The average molecular weight is 367 g/mol. The summed E-state index contributed by atoms with van der Waals surface area (Å²) in [5, 5.41) is 0.595. The maximum absolute atomic E-state index is 13.3. The molecule has 5 rings (SSSR count). The third kappa shape index (κ3) is 2.67. The van der Waals surface area contributed by atoms with Gasteiger partial charge in [-0.05, 0) is 42.5 Å². The van der Waals surface area contributed by atoms with Gasteiger partial charge in [0.1, 0.15) is 11.3 Å². The van der Waals surface area contributed by atoms with Gasteiger partial charge in [0.25, 0.3) is 0 Å². The Morgan fingerprint density at radius 2 is 1.46 bits per heavy atom. The topological polar surface area (TPSA) is 56.2 Å². The van der Waals surface area contributed by atoms with Gasteiger partial charge in [0.15, 0.2) is 0 Å². The minimum absolute atomic E-state index is 0.0126. The number of nitrogens with two attached hydrogens (primary N) is 1. The Bertz CT molecular complexity index is 1200. The first-order chi connectivity index (χ1) is 13.7. The van der Waals surface area contributed by atoms with Gasteiger partial charge in [0.05, 0.1) is 10.9 Å². The van der Waals surface area contributed by atoms with Crippen molar-refractivity contribution < 1.29 is 4.42 Å². The zero-order chi connectivity index (χ0) is 19.1. The van der Waals surface area contributed by atoms with E-state index in [4.69, 9.17) is 10.2 Å². The molecule has 1 fully saturated rings. The van der Waals surface area contributed by atoms with E-state index in [1.807, 2.05) is 66.7 Å². The molecule has 0 saturated heterocycles. The quantitative estimate of drug-likeness (QED) is 0.523. The Balaban J connectivity index is 1.73. The molecular weight excluding hydrogens is 346 g/mol. The summed E-state index contributed by atoms with van der Waals surface area (Å²) in [7, 11) is 0. The highest BCUT2D eigenvalue weighted by molar-refractivity contribution is 5.89. The van der Waals surface area contributed by atoms with E-state index in [1.165, 1.54) is 6.42 Å². The van der Waals surface area contributed by atoms with Crippen LogP contribution in [0.5, 0.6) is 0 Å². The lowest BCUT2D eigenvalue weighted by molar-refractivity contribution is 0.253. The predicted octanol–water partition coefficient (Wildman–Crippen LogP) is 5.46. The molecule has 0 radical (unpaired) electrons. The molecule has 1 heterocycles. The summed E-state index contributed by atoms with van der Waals surface area (Å²) in [6.45, 7) is 0. The van der Waals surface area contributed by atoms with Crippen molar-refractivity contribution in [1.29, 1.82) is 0 Å². The van der Waals surface area contributed by atoms with Crippen LogP contribution in [0.1, 0.15) is 24.8 Å². The molecule has 1 saturated carbocycles. The van der Waals surface area contributed by atoms with Gasteiger partial charge in [0.2, 0.25) is 5.43 Å². The van der Waals surface area contributed by atoms with Crippen molar-refractivity contribution >= 4 is 11.0 Å². The van der Waals surface area contributed by atoms with Crippen molar-refractivity contribution in [1.82, 2.24) is 0 Å². The number of benzene rings is 3. The summed E-state index contributed by atoms with van der Waals surface area (Å²) >= 11 is 0. The standard InChI is InChI=1S/C25H21NO2/c26-25(15-6-16-25)19-13-11-18(12-14-19)24-22(17-7-2-1-3-8-17)23(27)20-9-4-5-10-21(20)28-24/h1-5,7-14H,6,15-16,26H2. The molecule has 1 aliphatic carbocycles. The third-order valence-corrected chi connectivity index (χ3v) is 5.83. The molecule has 28 heavy (non-hydrogen) atoms. The van der Waals surface area contributed by atoms with Crippen molar-refractivity contribution in [2.24, 2.45) is 5.73 Å². The summed E-state index contributed by atoms with van der Waals surface area (Å²) in [5.74, 6) is 0.598. The lowest BCUT2D eigenvalue weighted by atomic mass is 9.72. The third-order valence-electron chi connectivity index (χ3n) is 5.83. The largest absolute Gasteiger partial charge is 0.455 e. The molecular formula is C25H21NO2. The van der Waals surface area contributed by atoms with Crippen LogP contribution in [-0.2, 0) is 5.54 Å². The molecule has 0 amide bonds. The van der Waals surface area contributed by atoms with Crippen LogP contribution in [-0.4, -0.2) is 0 Å². The normalized spacial score (nSPS) is 15.3. The Morgan fingerprint density at radius 3 is 2.14 bits per heavy atom. The summed E-state index contributed by atoms with van der Waals surface area (Å²) in [6.07, 6.45) is 3.22. The molecule has 0 atom stereocenters. The van der Waals surface area contributed by atoms with E-state index in [-0.39, 0.29) is 11.0 Å². The Hall–Kier alpha value is -3.17. The van der Waals surface area contributed by atoms with Crippen molar-refractivity contribution in [3.63, 3.8) is 0 Å². The van der Waals surface area contributed by atoms with Crippen LogP contribution in [0.2, 0.25) is 0 Å². The Kier molecular flexibility index (Phi) is 3.92. The van der Waals surface area contributed by atoms with Crippen molar-refractivity contribution in [2.45, 2.75) is 24.8 Å². The maximum Gasteiger partial charge on any atom is 0.201 e. The summed E-state index contributed by atoms with van der Waals surface area (Å²) in [6, 6.07) is 25.3. The monoisotopic (exact) mass is 367 g/mol. The van der Waals surface area contributed by atoms with Gasteiger partial charge >= 0.3 is 0 Å². The SMILES string of the molecule is NC1(c2ccc(-c3oc4ccccc4c(=O)c3-c3ccccc3)cc2)CCC1. The van der Waals surface area contributed by atoms with Crippen LogP contribution in [0.4, 0.5) is 0 Å². The van der Waals surface area contributed by atoms with Crippen LogP contribution >= 0.6 is 0 Å². The molecule has 0 bridgehead atoms. The van der Waals surface area contributed by atoms with Gasteiger partial charge in [-0.3, -0.25) is 4.79 Å². The summed E-state index contributed by atoms with van der Waals surface area (Å²) in [4.78, 5) is 13.3. The average Bonchev–Trinajstić information content (AvgIpc) is 2.73. The van der Waals surface area contributed by atoms with Crippen LogP contribution in [0.3, 0.4) is 0 Å². The number of para-hydroxylation sites is 1. The van der Waals surface area contributed by atoms with E-state index in [0.29, 0.717) is 22.3 Å². The maximum atomic E-state index is 13.3. The first-order valence-corrected chi connectivity index (χ1v) is 9.67. The summed E-state index contributed by atoms with van der Waals surface area (Å²) in [5.41, 5.74) is 10.3. The van der Waals surface area contributed by atoms with Crippen LogP contribution < -0.4 is 11.2 Å². The Labute approximate surface area is 163 Å². The van der Waals surface area contributed by atoms with E-state index >= 15 is 0 Å². The molecule has 3 heteroatoms. The van der Waals surface area contributed by atoms with E-state index < -0.39 is 0 Å². The second-order valence-corrected chi connectivity index (χ2v) is 7.58. The highest BCUT2D eigenvalue weighted by Crippen LogP contribution is 2.40. The molecule has 1 aromatic heterocycles. The van der Waals surface area contributed by atoms with Gasteiger partial charge < -0.3 is 10.2 Å². The Morgan fingerprint density at radius 1 is 0.786 bits per heavy atom. The summed E-state index contributed by atoms with van der Waals surface area (Å²) < 4.78 is 6.25. The van der Waals surface area contributed by atoms with E-state index in [1.54, 1.807) is 0 Å². The fourth-order valence-electron chi connectivity index (χ4n) is 4.01. The molecule has 2 N–H and O–H groups in total. The minimum atomic E-state index is -0.203.